The minimum Gasteiger partial charge on any atom is -0.345 e. The van der Waals surface area contributed by atoms with Gasteiger partial charge in [-0.1, -0.05) is 20.8 Å². The van der Waals surface area contributed by atoms with Gasteiger partial charge in [-0.15, -0.1) is 0 Å². The van der Waals surface area contributed by atoms with Crippen LogP contribution in [0.5, 0.6) is 0 Å². The highest BCUT2D eigenvalue weighted by atomic mass is 15.0. The Balaban J connectivity index is 2.27. The Bertz CT molecular complexity index is 341. The second kappa shape index (κ2) is 3.97. The normalized spacial score (nSPS) is 22.1. The maximum absolute atomic E-state index is 5.80. The molecule has 0 fully saturated rings. The van der Waals surface area contributed by atoms with Gasteiger partial charge in [-0.2, -0.15) is 0 Å². The number of hydrogen-bond acceptors (Lipinski definition) is 2. The van der Waals surface area contributed by atoms with Crippen molar-refractivity contribution < 1.29 is 0 Å². The van der Waals surface area contributed by atoms with E-state index in [1.54, 1.807) is 0 Å². The summed E-state index contributed by atoms with van der Waals surface area (Å²) in [5.41, 5.74) is 8.42. The van der Waals surface area contributed by atoms with E-state index in [4.69, 9.17) is 10.7 Å². The second-order valence-corrected chi connectivity index (χ2v) is 5.01. The summed E-state index contributed by atoms with van der Waals surface area (Å²) in [7, 11) is 0. The Labute approximate surface area is 91.5 Å². The van der Waals surface area contributed by atoms with E-state index in [1.807, 2.05) is 0 Å². The van der Waals surface area contributed by atoms with Crippen molar-refractivity contribution in [1.82, 2.24) is 9.97 Å². The second-order valence-electron chi connectivity index (χ2n) is 5.01. The van der Waals surface area contributed by atoms with Gasteiger partial charge in [0.2, 0.25) is 0 Å². The zero-order valence-electron chi connectivity index (χ0n) is 9.88. The molecule has 15 heavy (non-hydrogen) atoms. The zero-order valence-corrected chi connectivity index (χ0v) is 9.88. The molecule has 3 N–H and O–H groups in total. The maximum Gasteiger partial charge on any atom is 0.111 e. The molecule has 2 unspecified atom stereocenters. The van der Waals surface area contributed by atoms with E-state index in [2.05, 4.69) is 25.8 Å². The van der Waals surface area contributed by atoms with E-state index in [-0.39, 0.29) is 0 Å². The average Bonchev–Trinajstić information content (AvgIpc) is 2.70. The van der Waals surface area contributed by atoms with Crippen LogP contribution in [0, 0.1) is 5.92 Å². The molecule has 2 rings (SSSR count). The van der Waals surface area contributed by atoms with Crippen molar-refractivity contribution in [2.75, 3.05) is 6.54 Å². The quantitative estimate of drug-likeness (QED) is 0.798. The van der Waals surface area contributed by atoms with E-state index < -0.39 is 0 Å². The smallest absolute Gasteiger partial charge is 0.111 e. The summed E-state index contributed by atoms with van der Waals surface area (Å²) in [5, 5.41) is 0. The molecule has 3 heteroatoms. The average molecular weight is 207 g/mol. The van der Waals surface area contributed by atoms with Crippen molar-refractivity contribution in [3.8, 4) is 0 Å². The summed E-state index contributed by atoms with van der Waals surface area (Å²) in [6.45, 7) is 7.34. The molecule has 0 saturated heterocycles. The number of H-pyrrole nitrogens is 1. The fourth-order valence-corrected chi connectivity index (χ4v) is 2.41. The van der Waals surface area contributed by atoms with Gasteiger partial charge in [0.05, 0.1) is 5.69 Å². The van der Waals surface area contributed by atoms with Gasteiger partial charge in [-0.3, -0.25) is 0 Å². The van der Waals surface area contributed by atoms with Gasteiger partial charge in [0, 0.05) is 24.1 Å². The molecular formula is C12H21N3. The lowest BCUT2D eigenvalue weighted by molar-refractivity contribution is 0.484. The lowest BCUT2D eigenvalue weighted by atomic mass is 9.95. The summed E-state index contributed by atoms with van der Waals surface area (Å²) in [4.78, 5) is 8.19. The van der Waals surface area contributed by atoms with Crippen molar-refractivity contribution in [2.24, 2.45) is 11.7 Å². The summed E-state index contributed by atoms with van der Waals surface area (Å²) in [6.07, 6.45) is 2.39. The fourth-order valence-electron chi connectivity index (χ4n) is 2.41. The molecule has 0 spiro atoms. The van der Waals surface area contributed by atoms with E-state index in [0.717, 1.165) is 12.2 Å². The molecule has 1 aromatic heterocycles. The minimum absolute atomic E-state index is 0.378. The molecule has 0 aromatic carbocycles. The first kappa shape index (κ1) is 10.7. The third-order valence-corrected chi connectivity index (χ3v) is 3.53. The van der Waals surface area contributed by atoms with Gasteiger partial charge in [0.25, 0.3) is 0 Å². The van der Waals surface area contributed by atoms with Crippen LogP contribution in [0.2, 0.25) is 0 Å². The number of aromatic nitrogens is 2. The van der Waals surface area contributed by atoms with Gasteiger partial charge in [0.15, 0.2) is 0 Å². The Morgan fingerprint density at radius 3 is 2.80 bits per heavy atom. The van der Waals surface area contributed by atoms with Crippen molar-refractivity contribution in [1.29, 1.82) is 0 Å². The largest absolute Gasteiger partial charge is 0.345 e. The monoisotopic (exact) mass is 207 g/mol. The molecule has 0 amide bonds. The highest BCUT2D eigenvalue weighted by Gasteiger charge is 2.26. The van der Waals surface area contributed by atoms with Gasteiger partial charge >= 0.3 is 0 Å². The zero-order chi connectivity index (χ0) is 11.0. The van der Waals surface area contributed by atoms with E-state index >= 15 is 0 Å². The van der Waals surface area contributed by atoms with Crippen LogP contribution < -0.4 is 5.73 Å². The van der Waals surface area contributed by atoms with Gasteiger partial charge in [-0.05, 0) is 18.8 Å². The number of nitrogens with zero attached hydrogens (tertiary/aromatic N) is 1. The topological polar surface area (TPSA) is 54.7 Å². The van der Waals surface area contributed by atoms with Crippen LogP contribution in [-0.4, -0.2) is 16.5 Å². The standard InChI is InChI=1S/C12H21N3/c1-7(2)9(6-13)12-14-10-5-4-8(3)11(10)15-12/h7-9H,4-6,13H2,1-3H3,(H,14,15). The van der Waals surface area contributed by atoms with Gasteiger partial charge in [-0.25, -0.2) is 4.98 Å². The first-order chi connectivity index (χ1) is 7.13. The van der Waals surface area contributed by atoms with Gasteiger partial charge in [0.1, 0.15) is 5.82 Å². The fraction of sp³-hybridized carbons (Fsp3) is 0.750. The number of imidazole rings is 1. The molecular weight excluding hydrogens is 186 g/mol. The van der Waals surface area contributed by atoms with Crippen molar-refractivity contribution in [3.05, 3.63) is 17.2 Å². The molecule has 0 radical (unpaired) electrons. The highest BCUT2D eigenvalue weighted by molar-refractivity contribution is 5.25. The minimum atomic E-state index is 0.378. The molecule has 1 aliphatic rings. The SMILES string of the molecule is CC1CCc2[nH]c(C(CN)C(C)C)nc21. The molecule has 3 nitrogen and oxygen atoms in total. The highest BCUT2D eigenvalue weighted by Crippen LogP contribution is 2.33. The summed E-state index contributed by atoms with van der Waals surface area (Å²) >= 11 is 0. The van der Waals surface area contributed by atoms with Crippen LogP contribution >= 0.6 is 0 Å². The van der Waals surface area contributed by atoms with Crippen LogP contribution in [0.4, 0.5) is 0 Å². The number of fused-ring (bicyclic) bond motifs is 1. The lowest BCUT2D eigenvalue weighted by Gasteiger charge is -2.16. The number of aryl methyl sites for hydroxylation is 1. The van der Waals surface area contributed by atoms with Crippen LogP contribution in [-0.2, 0) is 6.42 Å². The first-order valence-electron chi connectivity index (χ1n) is 5.92. The third kappa shape index (κ3) is 1.81. The summed E-state index contributed by atoms with van der Waals surface area (Å²) in [5.74, 6) is 2.65. The molecule has 84 valence electrons. The maximum atomic E-state index is 5.80. The Hall–Kier alpha value is -0.830. The lowest BCUT2D eigenvalue weighted by Crippen LogP contribution is -2.19. The third-order valence-electron chi connectivity index (χ3n) is 3.53. The predicted octanol–water partition coefficient (Wildman–Crippen LogP) is 2.16. The van der Waals surface area contributed by atoms with E-state index in [1.165, 1.54) is 17.8 Å². The number of nitrogens with two attached hydrogens (primary N) is 1. The van der Waals surface area contributed by atoms with Crippen molar-refractivity contribution in [2.45, 2.75) is 45.4 Å². The van der Waals surface area contributed by atoms with Crippen LogP contribution in [0.3, 0.4) is 0 Å². The first-order valence-corrected chi connectivity index (χ1v) is 5.92. The van der Waals surface area contributed by atoms with E-state index in [0.29, 0.717) is 24.3 Å². The van der Waals surface area contributed by atoms with Crippen molar-refractivity contribution in [3.63, 3.8) is 0 Å². The summed E-state index contributed by atoms with van der Waals surface area (Å²) in [6, 6.07) is 0. The van der Waals surface area contributed by atoms with Crippen LogP contribution in [0.15, 0.2) is 0 Å². The van der Waals surface area contributed by atoms with Crippen LogP contribution in [0.25, 0.3) is 0 Å². The molecule has 1 aliphatic carbocycles. The molecule has 0 bridgehead atoms. The molecule has 1 aromatic rings. The number of nitrogens with one attached hydrogen (secondary N) is 1. The summed E-state index contributed by atoms with van der Waals surface area (Å²) < 4.78 is 0. The Kier molecular flexibility index (Phi) is 2.83. The predicted molar refractivity (Wildman–Crippen MR) is 62.0 cm³/mol. The Morgan fingerprint density at radius 1 is 1.53 bits per heavy atom. The molecule has 0 aliphatic heterocycles. The number of aromatic amines is 1. The molecule has 0 saturated carbocycles. The van der Waals surface area contributed by atoms with Crippen molar-refractivity contribution >= 4 is 0 Å². The molecule has 2 atom stereocenters. The number of hydrogen-bond donors (Lipinski definition) is 2. The molecule has 1 heterocycles. The van der Waals surface area contributed by atoms with E-state index in [9.17, 15) is 0 Å². The Morgan fingerprint density at radius 2 is 2.27 bits per heavy atom. The van der Waals surface area contributed by atoms with Gasteiger partial charge < -0.3 is 10.7 Å². The number of rotatable bonds is 3. The van der Waals surface area contributed by atoms with Crippen LogP contribution in [0.1, 0.15) is 56.2 Å².